The average Bonchev–Trinajstić information content (AvgIpc) is 3.43. The molecule has 3 heterocycles. The summed E-state index contributed by atoms with van der Waals surface area (Å²) >= 11 is 1.21. The summed E-state index contributed by atoms with van der Waals surface area (Å²) in [4.78, 5) is 31.7. The van der Waals surface area contributed by atoms with Gasteiger partial charge in [0.25, 0.3) is 5.56 Å². The second-order valence-electron chi connectivity index (χ2n) is 7.85. The van der Waals surface area contributed by atoms with E-state index >= 15 is 0 Å². The Kier molecular flexibility index (Phi) is 5.81. The molecule has 10 heteroatoms. The van der Waals surface area contributed by atoms with Crippen molar-refractivity contribution in [1.82, 2.24) is 4.57 Å². The summed E-state index contributed by atoms with van der Waals surface area (Å²) in [6.45, 7) is 3.76. The molecular formula is C25H22N2O7S. The Morgan fingerprint density at radius 3 is 2.83 bits per heavy atom. The second kappa shape index (κ2) is 8.95. The molecule has 3 aromatic rings. The fraction of sp³-hybridized carbons (Fsp3) is 0.240. The lowest BCUT2D eigenvalue weighted by atomic mass is 9.95. The molecule has 0 radical (unpaired) electrons. The summed E-state index contributed by atoms with van der Waals surface area (Å²) in [5.74, 6) is 0.905. The highest BCUT2D eigenvalue weighted by atomic mass is 32.1. The van der Waals surface area contributed by atoms with Gasteiger partial charge < -0.3 is 24.1 Å². The van der Waals surface area contributed by atoms with E-state index in [9.17, 15) is 14.7 Å². The number of aromatic nitrogens is 1. The van der Waals surface area contributed by atoms with Gasteiger partial charge in [-0.05, 0) is 55.3 Å². The Labute approximate surface area is 203 Å². The number of phenols is 1. The van der Waals surface area contributed by atoms with E-state index in [1.54, 1.807) is 50.3 Å². The topological polar surface area (TPSA) is 109 Å². The number of benzene rings is 2. The smallest absolute Gasteiger partial charge is 0.338 e. The van der Waals surface area contributed by atoms with Gasteiger partial charge >= 0.3 is 5.97 Å². The molecule has 1 N–H and O–H groups in total. The van der Waals surface area contributed by atoms with E-state index in [2.05, 4.69) is 4.99 Å². The number of ether oxygens (including phenoxy) is 4. The molecule has 2 aromatic carbocycles. The monoisotopic (exact) mass is 494 g/mol. The number of hydrogen-bond donors (Lipinski definition) is 1. The number of allylic oxidation sites excluding steroid dienone is 1. The molecule has 0 saturated heterocycles. The first kappa shape index (κ1) is 22.7. The molecule has 9 nitrogen and oxygen atoms in total. The maximum absolute atomic E-state index is 13.7. The van der Waals surface area contributed by atoms with Gasteiger partial charge in [0, 0.05) is 0 Å². The van der Waals surface area contributed by atoms with Crippen LogP contribution in [0.4, 0.5) is 0 Å². The summed E-state index contributed by atoms with van der Waals surface area (Å²) in [5.41, 5.74) is 1.80. The van der Waals surface area contributed by atoms with E-state index in [4.69, 9.17) is 18.9 Å². The van der Waals surface area contributed by atoms with Crippen molar-refractivity contribution in [2.24, 2.45) is 4.99 Å². The molecular weight excluding hydrogens is 472 g/mol. The first-order valence-electron chi connectivity index (χ1n) is 10.9. The first-order valence-corrected chi connectivity index (χ1v) is 11.7. The summed E-state index contributed by atoms with van der Waals surface area (Å²) in [6.07, 6.45) is 1.70. The number of fused-ring (bicyclic) bond motifs is 2. The fourth-order valence-corrected chi connectivity index (χ4v) is 5.17. The van der Waals surface area contributed by atoms with Gasteiger partial charge in [-0.1, -0.05) is 23.5 Å². The van der Waals surface area contributed by atoms with Gasteiger partial charge in [0.05, 0.1) is 35.6 Å². The van der Waals surface area contributed by atoms with Crippen LogP contribution in [0.2, 0.25) is 0 Å². The van der Waals surface area contributed by atoms with E-state index in [-0.39, 0.29) is 30.3 Å². The van der Waals surface area contributed by atoms with Crippen molar-refractivity contribution in [3.05, 3.63) is 78.5 Å². The van der Waals surface area contributed by atoms with E-state index in [1.807, 2.05) is 0 Å². The van der Waals surface area contributed by atoms with Crippen molar-refractivity contribution in [1.29, 1.82) is 0 Å². The van der Waals surface area contributed by atoms with Gasteiger partial charge in [0.1, 0.15) is 0 Å². The zero-order valence-corrected chi connectivity index (χ0v) is 20.0. The van der Waals surface area contributed by atoms with Crippen LogP contribution in [0.25, 0.3) is 6.08 Å². The lowest BCUT2D eigenvalue weighted by Crippen LogP contribution is -2.39. The number of carbonyl (C=O) groups excluding carboxylic acids is 1. The van der Waals surface area contributed by atoms with Crippen molar-refractivity contribution in [2.45, 2.75) is 19.9 Å². The minimum atomic E-state index is -0.753. The molecule has 0 saturated carbocycles. The van der Waals surface area contributed by atoms with Crippen molar-refractivity contribution in [2.75, 3.05) is 20.5 Å². The average molecular weight is 495 g/mol. The maximum Gasteiger partial charge on any atom is 0.338 e. The molecule has 180 valence electrons. The molecule has 0 amide bonds. The molecule has 5 rings (SSSR count). The molecule has 0 spiro atoms. The number of rotatable bonds is 5. The normalized spacial score (nSPS) is 16.7. The van der Waals surface area contributed by atoms with Crippen molar-refractivity contribution >= 4 is 23.4 Å². The van der Waals surface area contributed by atoms with Crippen molar-refractivity contribution < 1.29 is 28.8 Å². The Hall–Kier alpha value is -4.05. The van der Waals surface area contributed by atoms with Crippen LogP contribution in [0.5, 0.6) is 23.0 Å². The molecule has 0 unspecified atom stereocenters. The summed E-state index contributed by atoms with van der Waals surface area (Å²) < 4.78 is 23.4. The highest BCUT2D eigenvalue weighted by Gasteiger charge is 2.34. The molecule has 2 aliphatic rings. The Bertz CT molecular complexity index is 1550. The van der Waals surface area contributed by atoms with Gasteiger partial charge in [-0.25, -0.2) is 9.79 Å². The van der Waals surface area contributed by atoms with Crippen LogP contribution in [0.1, 0.15) is 31.0 Å². The molecule has 1 aromatic heterocycles. The van der Waals surface area contributed by atoms with E-state index in [0.29, 0.717) is 43.4 Å². The molecule has 35 heavy (non-hydrogen) atoms. The Balaban J connectivity index is 1.71. The standard InChI is InChI=1S/C25H22N2O7S/c1-4-32-24(30)21-13(2)26-25-27(22(21)15-6-8-17-19(11-15)34-12-33-17)23(29)20(35-25)10-14-5-7-16(28)18(9-14)31-3/h5-11,22,28H,4,12H2,1-3H3/b20-10-/t22-/m1/s1. The number of aromatic hydroxyl groups is 1. The van der Waals surface area contributed by atoms with Crippen LogP contribution < -0.4 is 29.1 Å². The highest BCUT2D eigenvalue weighted by Crippen LogP contribution is 2.38. The predicted molar refractivity (Wildman–Crippen MR) is 128 cm³/mol. The quantitative estimate of drug-likeness (QED) is 0.542. The maximum atomic E-state index is 13.7. The van der Waals surface area contributed by atoms with Gasteiger partial charge in [-0.3, -0.25) is 9.36 Å². The Morgan fingerprint density at radius 2 is 2.06 bits per heavy atom. The number of methoxy groups -OCH3 is 1. The largest absolute Gasteiger partial charge is 0.504 e. The van der Waals surface area contributed by atoms with Crippen LogP contribution in [0, 0.1) is 0 Å². The molecule has 0 aliphatic carbocycles. The minimum Gasteiger partial charge on any atom is -0.504 e. The Morgan fingerprint density at radius 1 is 1.26 bits per heavy atom. The summed E-state index contributed by atoms with van der Waals surface area (Å²) in [7, 11) is 1.46. The molecule has 1 atom stereocenters. The van der Waals surface area contributed by atoms with Crippen molar-refractivity contribution in [3.8, 4) is 23.0 Å². The van der Waals surface area contributed by atoms with Crippen LogP contribution in [-0.4, -0.2) is 36.2 Å². The van der Waals surface area contributed by atoms with Crippen LogP contribution in [-0.2, 0) is 9.53 Å². The van der Waals surface area contributed by atoms with Crippen LogP contribution in [0.3, 0.4) is 0 Å². The van der Waals surface area contributed by atoms with Crippen molar-refractivity contribution in [3.63, 3.8) is 0 Å². The number of carbonyl (C=O) groups is 1. The predicted octanol–water partition coefficient (Wildman–Crippen LogP) is 2.24. The van der Waals surface area contributed by atoms with Gasteiger partial charge in [0.15, 0.2) is 27.8 Å². The van der Waals surface area contributed by atoms with Gasteiger partial charge in [-0.15, -0.1) is 0 Å². The molecule has 2 aliphatic heterocycles. The molecule has 0 bridgehead atoms. The second-order valence-corrected chi connectivity index (χ2v) is 8.86. The number of esters is 1. The third-order valence-corrected chi connectivity index (χ3v) is 6.71. The van der Waals surface area contributed by atoms with E-state index in [0.717, 1.165) is 0 Å². The zero-order valence-electron chi connectivity index (χ0n) is 19.2. The number of phenolic OH excluding ortho intramolecular Hbond substituents is 1. The van der Waals surface area contributed by atoms with Gasteiger partial charge in [-0.2, -0.15) is 0 Å². The lowest BCUT2D eigenvalue weighted by Gasteiger charge is -2.24. The number of nitrogens with zero attached hydrogens (tertiary/aromatic N) is 2. The number of hydrogen-bond acceptors (Lipinski definition) is 9. The third-order valence-electron chi connectivity index (χ3n) is 5.73. The molecule has 0 fully saturated rings. The van der Waals surface area contributed by atoms with Crippen LogP contribution in [0.15, 0.2) is 57.5 Å². The van der Waals surface area contributed by atoms with E-state index in [1.165, 1.54) is 29.1 Å². The van der Waals surface area contributed by atoms with Gasteiger partial charge in [0.2, 0.25) is 6.79 Å². The fourth-order valence-electron chi connectivity index (χ4n) is 4.13. The first-order chi connectivity index (χ1) is 16.9. The number of thiazole rings is 1. The van der Waals surface area contributed by atoms with Crippen LogP contribution >= 0.6 is 11.3 Å². The minimum absolute atomic E-state index is 0.00335. The highest BCUT2D eigenvalue weighted by molar-refractivity contribution is 7.07. The SMILES string of the molecule is CCOC(=O)C1=C(C)N=c2s/c(=C\c3ccc(O)c(OC)c3)c(=O)n2[C@@H]1c1ccc2c(c1)OCO2. The zero-order chi connectivity index (χ0) is 24.7. The summed E-state index contributed by atoms with van der Waals surface area (Å²) in [5, 5.41) is 9.88. The third kappa shape index (κ3) is 3.95. The van der Waals surface area contributed by atoms with E-state index < -0.39 is 12.0 Å². The summed E-state index contributed by atoms with van der Waals surface area (Å²) in [6, 6.07) is 9.40. The lowest BCUT2D eigenvalue weighted by molar-refractivity contribution is -0.139.